The molecule has 2 aromatic rings. The minimum absolute atomic E-state index is 0.472. The monoisotopic (exact) mass is 340 g/mol. The lowest BCUT2D eigenvalue weighted by Gasteiger charge is -2.12. The lowest BCUT2D eigenvalue weighted by molar-refractivity contribution is 0.660. The van der Waals surface area contributed by atoms with Gasteiger partial charge in [0, 0.05) is 31.5 Å². The van der Waals surface area contributed by atoms with Crippen molar-refractivity contribution in [1.82, 2.24) is 25.4 Å². The van der Waals surface area contributed by atoms with Crippen molar-refractivity contribution in [3.63, 3.8) is 0 Å². The Morgan fingerprint density at radius 1 is 1.32 bits per heavy atom. The molecule has 0 amide bonds. The first-order chi connectivity index (χ1) is 12.2. The zero-order valence-corrected chi connectivity index (χ0v) is 15.4. The molecule has 1 fully saturated rings. The Morgan fingerprint density at radius 3 is 2.92 bits per heavy atom. The molecule has 0 spiro atoms. The lowest BCUT2D eigenvalue weighted by atomic mass is 10.0. The topological polar surface area (TPSA) is 67.1 Å². The van der Waals surface area contributed by atoms with E-state index in [0.29, 0.717) is 18.5 Å². The van der Waals surface area contributed by atoms with E-state index in [2.05, 4.69) is 70.4 Å². The van der Waals surface area contributed by atoms with Gasteiger partial charge in [-0.2, -0.15) is 0 Å². The molecule has 6 nitrogen and oxygen atoms in total. The fraction of sp³-hybridized carbons (Fsp3) is 0.526. The molecule has 134 valence electrons. The third-order valence-corrected chi connectivity index (χ3v) is 4.67. The van der Waals surface area contributed by atoms with Crippen molar-refractivity contribution in [3.8, 4) is 0 Å². The van der Waals surface area contributed by atoms with Gasteiger partial charge in [0.1, 0.15) is 12.2 Å². The zero-order chi connectivity index (χ0) is 17.6. The van der Waals surface area contributed by atoms with Gasteiger partial charge < -0.3 is 15.2 Å². The summed E-state index contributed by atoms with van der Waals surface area (Å²) in [5, 5.41) is 15.0. The van der Waals surface area contributed by atoms with Gasteiger partial charge >= 0.3 is 0 Å². The fourth-order valence-corrected chi connectivity index (χ4v) is 3.21. The van der Waals surface area contributed by atoms with Crippen LogP contribution in [-0.4, -0.2) is 39.9 Å². The number of aryl methyl sites for hydroxylation is 2. The number of benzene rings is 1. The first kappa shape index (κ1) is 17.5. The summed E-state index contributed by atoms with van der Waals surface area (Å²) in [6.45, 7) is 8.75. The van der Waals surface area contributed by atoms with Gasteiger partial charge in [-0.25, -0.2) is 0 Å². The Labute approximate surface area is 149 Å². The van der Waals surface area contributed by atoms with Crippen LogP contribution in [0.2, 0.25) is 0 Å². The summed E-state index contributed by atoms with van der Waals surface area (Å²) in [6, 6.07) is 9.13. The van der Waals surface area contributed by atoms with Crippen LogP contribution in [0.25, 0.3) is 0 Å². The Hall–Kier alpha value is -2.37. The van der Waals surface area contributed by atoms with E-state index in [1.54, 1.807) is 6.33 Å². The van der Waals surface area contributed by atoms with Crippen molar-refractivity contribution < 1.29 is 0 Å². The predicted molar refractivity (Wildman–Crippen MR) is 101 cm³/mol. The van der Waals surface area contributed by atoms with E-state index >= 15 is 0 Å². The fourth-order valence-electron chi connectivity index (χ4n) is 3.21. The molecule has 1 heterocycles. The van der Waals surface area contributed by atoms with Gasteiger partial charge in [-0.3, -0.25) is 4.99 Å². The predicted octanol–water partition coefficient (Wildman–Crippen LogP) is 2.26. The van der Waals surface area contributed by atoms with Crippen LogP contribution in [0.4, 0.5) is 0 Å². The largest absolute Gasteiger partial charge is 0.357 e. The first-order valence-electron chi connectivity index (χ1n) is 9.20. The summed E-state index contributed by atoms with van der Waals surface area (Å²) >= 11 is 0. The smallest absolute Gasteiger partial charge is 0.191 e. The number of rotatable bonds is 7. The number of guanidine groups is 1. The molecule has 2 unspecified atom stereocenters. The van der Waals surface area contributed by atoms with Crippen molar-refractivity contribution in [3.05, 3.63) is 47.5 Å². The van der Waals surface area contributed by atoms with E-state index in [4.69, 9.17) is 4.99 Å². The lowest BCUT2D eigenvalue weighted by Crippen LogP contribution is -2.39. The number of nitrogens with zero attached hydrogens (tertiary/aromatic N) is 4. The number of aromatic nitrogens is 3. The Balaban J connectivity index is 1.56. The average molecular weight is 340 g/mol. The highest BCUT2D eigenvalue weighted by Crippen LogP contribution is 2.41. The highest BCUT2D eigenvalue weighted by Gasteiger charge is 2.39. The number of hydrogen-bond donors (Lipinski definition) is 2. The second-order valence-corrected chi connectivity index (χ2v) is 6.50. The Morgan fingerprint density at radius 2 is 2.16 bits per heavy atom. The van der Waals surface area contributed by atoms with Gasteiger partial charge in [-0.05, 0) is 31.4 Å². The van der Waals surface area contributed by atoms with Crippen molar-refractivity contribution in [2.45, 2.75) is 52.1 Å². The first-order valence-corrected chi connectivity index (χ1v) is 9.20. The molecule has 0 saturated heterocycles. The molecule has 6 heteroatoms. The maximum atomic E-state index is 4.71. The third kappa shape index (κ3) is 4.38. The third-order valence-electron chi connectivity index (χ3n) is 4.67. The second-order valence-electron chi connectivity index (χ2n) is 6.50. The Bertz CT molecular complexity index is 720. The van der Waals surface area contributed by atoms with Crippen LogP contribution in [0, 0.1) is 6.92 Å². The number of nitrogens with one attached hydrogen (secondary N) is 2. The Kier molecular flexibility index (Phi) is 5.68. The minimum atomic E-state index is 0.472. The van der Waals surface area contributed by atoms with Crippen molar-refractivity contribution in [2.75, 3.05) is 13.1 Å². The molecule has 2 N–H and O–H groups in total. The van der Waals surface area contributed by atoms with Crippen LogP contribution in [-0.2, 0) is 13.0 Å². The van der Waals surface area contributed by atoms with Gasteiger partial charge in [-0.1, -0.05) is 31.2 Å². The van der Waals surface area contributed by atoms with Crippen molar-refractivity contribution >= 4 is 5.96 Å². The van der Waals surface area contributed by atoms with Gasteiger partial charge in [0.25, 0.3) is 0 Å². The summed E-state index contributed by atoms with van der Waals surface area (Å²) in [7, 11) is 0. The average Bonchev–Trinajstić information content (AvgIpc) is 3.21. The SMILES string of the molecule is CCNC(=NCCn1cnnc1CC)NC1CC1c1ccccc1C. The second kappa shape index (κ2) is 8.14. The van der Waals surface area contributed by atoms with Crippen LogP contribution >= 0.6 is 0 Å². The molecule has 1 saturated carbocycles. The zero-order valence-electron chi connectivity index (χ0n) is 15.4. The van der Waals surface area contributed by atoms with Crippen LogP contribution in [0.1, 0.15) is 43.1 Å². The molecule has 2 atom stereocenters. The summed E-state index contributed by atoms with van der Waals surface area (Å²) in [6.07, 6.45) is 3.84. The molecule has 1 aromatic heterocycles. The van der Waals surface area contributed by atoms with E-state index < -0.39 is 0 Å². The molecule has 25 heavy (non-hydrogen) atoms. The van der Waals surface area contributed by atoms with Crippen LogP contribution in [0.5, 0.6) is 0 Å². The van der Waals surface area contributed by atoms with E-state index in [-0.39, 0.29) is 0 Å². The summed E-state index contributed by atoms with van der Waals surface area (Å²) in [5.41, 5.74) is 2.83. The summed E-state index contributed by atoms with van der Waals surface area (Å²) in [4.78, 5) is 4.71. The molecule has 0 aliphatic heterocycles. The summed E-state index contributed by atoms with van der Waals surface area (Å²) < 4.78 is 2.07. The molecule has 0 radical (unpaired) electrons. The molecule has 1 aromatic carbocycles. The maximum Gasteiger partial charge on any atom is 0.191 e. The van der Waals surface area contributed by atoms with E-state index in [0.717, 1.165) is 31.3 Å². The maximum absolute atomic E-state index is 4.71. The van der Waals surface area contributed by atoms with Crippen molar-refractivity contribution in [2.24, 2.45) is 4.99 Å². The highest BCUT2D eigenvalue weighted by molar-refractivity contribution is 5.80. The van der Waals surface area contributed by atoms with Gasteiger partial charge in [-0.15, -0.1) is 10.2 Å². The van der Waals surface area contributed by atoms with Crippen molar-refractivity contribution in [1.29, 1.82) is 0 Å². The standard InChI is InChI=1S/C19H28N6/c1-4-18-24-22-13-25(18)11-10-21-19(20-5-2)23-17-12-16(17)15-9-7-6-8-14(15)3/h6-9,13,16-17H,4-5,10-12H2,1-3H3,(H2,20,21,23). The number of aliphatic imine (C=N–C) groups is 1. The van der Waals surface area contributed by atoms with Gasteiger partial charge in [0.05, 0.1) is 6.54 Å². The summed E-state index contributed by atoms with van der Waals surface area (Å²) in [5.74, 6) is 2.50. The van der Waals surface area contributed by atoms with Gasteiger partial charge in [0.15, 0.2) is 5.96 Å². The molecular formula is C19H28N6. The van der Waals surface area contributed by atoms with Crippen LogP contribution in [0.3, 0.4) is 0 Å². The normalized spacial score (nSPS) is 19.7. The van der Waals surface area contributed by atoms with E-state index in [1.807, 2.05) is 0 Å². The molecule has 1 aliphatic rings. The molecule has 0 bridgehead atoms. The quantitative estimate of drug-likeness (QED) is 0.599. The van der Waals surface area contributed by atoms with E-state index in [9.17, 15) is 0 Å². The molecule has 3 rings (SSSR count). The molecule has 1 aliphatic carbocycles. The molecular weight excluding hydrogens is 312 g/mol. The van der Waals surface area contributed by atoms with E-state index in [1.165, 1.54) is 17.5 Å². The van der Waals surface area contributed by atoms with Gasteiger partial charge in [0.2, 0.25) is 0 Å². The highest BCUT2D eigenvalue weighted by atomic mass is 15.3. The van der Waals surface area contributed by atoms with Crippen LogP contribution < -0.4 is 10.6 Å². The minimum Gasteiger partial charge on any atom is -0.357 e. The van der Waals surface area contributed by atoms with Crippen LogP contribution in [0.15, 0.2) is 35.6 Å². The number of hydrogen-bond acceptors (Lipinski definition) is 3.